The third-order valence-corrected chi connectivity index (χ3v) is 5.02. The van der Waals surface area contributed by atoms with Crippen LogP contribution in [0.4, 0.5) is 0 Å². The number of ether oxygens (including phenoxy) is 1. The number of rotatable bonds is 3. The summed E-state index contributed by atoms with van der Waals surface area (Å²) in [6, 6.07) is 6.26. The number of piperidine rings is 1. The van der Waals surface area contributed by atoms with Crippen molar-refractivity contribution in [3.8, 4) is 11.5 Å². The van der Waals surface area contributed by atoms with E-state index >= 15 is 0 Å². The van der Waals surface area contributed by atoms with Gasteiger partial charge in [-0.3, -0.25) is 4.90 Å². The Morgan fingerprint density at radius 1 is 1.20 bits per heavy atom. The van der Waals surface area contributed by atoms with E-state index in [-0.39, 0.29) is 0 Å². The summed E-state index contributed by atoms with van der Waals surface area (Å²) in [7, 11) is 1.67. The molecule has 2 aliphatic rings. The van der Waals surface area contributed by atoms with Crippen LogP contribution in [-0.4, -0.2) is 29.7 Å². The van der Waals surface area contributed by atoms with Crippen molar-refractivity contribution in [3.63, 3.8) is 0 Å². The largest absolute Gasteiger partial charge is 0.508 e. The molecule has 1 heterocycles. The predicted octanol–water partition coefficient (Wildman–Crippen LogP) is 3.56. The Bertz CT molecular complexity index is 458. The van der Waals surface area contributed by atoms with Crippen molar-refractivity contribution in [1.29, 1.82) is 0 Å². The predicted molar refractivity (Wildman–Crippen MR) is 80.0 cm³/mol. The Labute approximate surface area is 121 Å². The van der Waals surface area contributed by atoms with E-state index < -0.39 is 0 Å². The Morgan fingerprint density at radius 3 is 2.85 bits per heavy atom. The Kier molecular flexibility index (Phi) is 4.16. The molecule has 20 heavy (non-hydrogen) atoms. The summed E-state index contributed by atoms with van der Waals surface area (Å²) >= 11 is 0. The lowest BCUT2D eigenvalue weighted by Gasteiger charge is -2.44. The molecule has 2 fully saturated rings. The summed E-state index contributed by atoms with van der Waals surface area (Å²) in [5, 5.41) is 10.1. The molecule has 0 radical (unpaired) electrons. The van der Waals surface area contributed by atoms with Crippen molar-refractivity contribution in [2.24, 2.45) is 5.92 Å². The van der Waals surface area contributed by atoms with Gasteiger partial charge >= 0.3 is 0 Å². The van der Waals surface area contributed by atoms with Crippen molar-refractivity contribution in [1.82, 2.24) is 4.90 Å². The quantitative estimate of drug-likeness (QED) is 0.915. The number of phenols is 1. The Hall–Kier alpha value is -1.22. The highest BCUT2D eigenvalue weighted by Gasteiger charge is 2.33. The van der Waals surface area contributed by atoms with Crippen LogP contribution in [0.3, 0.4) is 0 Å². The van der Waals surface area contributed by atoms with Crippen LogP contribution in [0.25, 0.3) is 0 Å². The summed E-state index contributed by atoms with van der Waals surface area (Å²) < 4.78 is 5.28. The van der Waals surface area contributed by atoms with Gasteiger partial charge in [0, 0.05) is 18.2 Å². The fourth-order valence-electron chi connectivity index (χ4n) is 3.96. The molecule has 1 aliphatic carbocycles. The van der Waals surface area contributed by atoms with Gasteiger partial charge in [-0.05, 0) is 56.3 Å². The highest BCUT2D eigenvalue weighted by Crippen LogP contribution is 2.37. The minimum Gasteiger partial charge on any atom is -0.508 e. The number of hydrogen-bond donors (Lipinski definition) is 1. The van der Waals surface area contributed by atoms with Crippen LogP contribution in [-0.2, 0) is 6.54 Å². The normalized spacial score (nSPS) is 27.1. The first-order chi connectivity index (χ1) is 9.78. The summed E-state index contributed by atoms with van der Waals surface area (Å²) in [5.41, 5.74) is 0.996. The average molecular weight is 275 g/mol. The molecule has 3 nitrogen and oxygen atoms in total. The zero-order valence-corrected chi connectivity index (χ0v) is 12.3. The second-order valence-electron chi connectivity index (χ2n) is 6.22. The number of likely N-dealkylation sites (tertiary alicyclic amines) is 1. The standard InChI is InChI=1S/C17H25NO2/c1-20-15-8-9-17(19)14(11-15)12-18-10-4-6-13-5-2-3-7-16(13)18/h8-9,11,13,16,19H,2-7,10,12H2,1H3. The molecule has 1 aromatic carbocycles. The Balaban J connectivity index is 1.75. The zero-order chi connectivity index (χ0) is 13.9. The van der Waals surface area contributed by atoms with E-state index in [1.165, 1.54) is 38.5 Å². The number of phenolic OH excluding ortho intramolecular Hbond substituents is 1. The smallest absolute Gasteiger partial charge is 0.120 e. The van der Waals surface area contributed by atoms with Crippen LogP contribution in [0.15, 0.2) is 18.2 Å². The van der Waals surface area contributed by atoms with Crippen LogP contribution in [0, 0.1) is 5.92 Å². The number of benzene rings is 1. The molecule has 0 spiro atoms. The van der Waals surface area contributed by atoms with Crippen LogP contribution in [0.2, 0.25) is 0 Å². The molecule has 2 atom stereocenters. The van der Waals surface area contributed by atoms with Gasteiger partial charge in [-0.1, -0.05) is 12.8 Å². The molecule has 2 unspecified atom stereocenters. The number of fused-ring (bicyclic) bond motifs is 1. The molecule has 110 valence electrons. The summed E-state index contributed by atoms with van der Waals surface area (Å²) in [6.45, 7) is 2.02. The molecule has 1 N–H and O–H groups in total. The lowest BCUT2D eigenvalue weighted by Crippen LogP contribution is -2.46. The van der Waals surface area contributed by atoms with Crippen molar-refractivity contribution in [2.75, 3.05) is 13.7 Å². The van der Waals surface area contributed by atoms with Gasteiger partial charge in [0.1, 0.15) is 11.5 Å². The fourth-order valence-corrected chi connectivity index (χ4v) is 3.96. The van der Waals surface area contributed by atoms with Gasteiger partial charge in [0.2, 0.25) is 0 Å². The first-order valence-corrected chi connectivity index (χ1v) is 7.88. The molecule has 0 amide bonds. The lowest BCUT2D eigenvalue weighted by atomic mass is 9.78. The molecule has 3 heteroatoms. The molecule has 1 aromatic rings. The molecule has 1 saturated carbocycles. The lowest BCUT2D eigenvalue weighted by molar-refractivity contribution is 0.0541. The molecule has 3 rings (SSSR count). The second kappa shape index (κ2) is 6.04. The van der Waals surface area contributed by atoms with Crippen LogP contribution in [0.1, 0.15) is 44.1 Å². The van der Waals surface area contributed by atoms with Gasteiger partial charge in [0.05, 0.1) is 7.11 Å². The highest BCUT2D eigenvalue weighted by molar-refractivity contribution is 5.39. The van der Waals surface area contributed by atoms with Crippen molar-refractivity contribution in [2.45, 2.75) is 51.1 Å². The van der Waals surface area contributed by atoms with Gasteiger partial charge in [-0.2, -0.15) is 0 Å². The molecule has 0 aromatic heterocycles. The fraction of sp³-hybridized carbons (Fsp3) is 0.647. The zero-order valence-electron chi connectivity index (χ0n) is 12.3. The summed E-state index contributed by atoms with van der Waals surface area (Å²) in [5.74, 6) is 2.10. The van der Waals surface area contributed by atoms with Gasteiger partial charge in [-0.25, -0.2) is 0 Å². The minimum absolute atomic E-state index is 0.392. The van der Waals surface area contributed by atoms with E-state index in [0.717, 1.165) is 36.4 Å². The topological polar surface area (TPSA) is 32.7 Å². The van der Waals surface area contributed by atoms with Gasteiger partial charge in [0.25, 0.3) is 0 Å². The van der Waals surface area contributed by atoms with E-state index in [4.69, 9.17) is 4.74 Å². The van der Waals surface area contributed by atoms with E-state index in [2.05, 4.69) is 4.90 Å². The monoisotopic (exact) mass is 275 g/mol. The third-order valence-electron chi connectivity index (χ3n) is 5.02. The molecule has 1 saturated heterocycles. The van der Waals surface area contributed by atoms with E-state index in [9.17, 15) is 5.11 Å². The SMILES string of the molecule is COc1ccc(O)c(CN2CCCC3CCCCC32)c1. The van der Waals surface area contributed by atoms with E-state index in [1.807, 2.05) is 12.1 Å². The number of hydrogen-bond acceptors (Lipinski definition) is 3. The minimum atomic E-state index is 0.392. The number of aromatic hydroxyl groups is 1. The first kappa shape index (κ1) is 13.7. The van der Waals surface area contributed by atoms with E-state index in [1.54, 1.807) is 13.2 Å². The third kappa shape index (κ3) is 2.78. The molecular weight excluding hydrogens is 250 g/mol. The van der Waals surface area contributed by atoms with Crippen LogP contribution >= 0.6 is 0 Å². The molecular formula is C17H25NO2. The van der Waals surface area contributed by atoms with E-state index in [0.29, 0.717) is 5.75 Å². The number of nitrogens with zero attached hydrogens (tertiary/aromatic N) is 1. The maximum absolute atomic E-state index is 10.1. The van der Waals surface area contributed by atoms with Gasteiger partial charge < -0.3 is 9.84 Å². The van der Waals surface area contributed by atoms with Crippen LogP contribution in [0.5, 0.6) is 11.5 Å². The van der Waals surface area contributed by atoms with Gasteiger partial charge in [0.15, 0.2) is 0 Å². The highest BCUT2D eigenvalue weighted by atomic mass is 16.5. The molecule has 1 aliphatic heterocycles. The van der Waals surface area contributed by atoms with Gasteiger partial charge in [-0.15, -0.1) is 0 Å². The number of methoxy groups -OCH3 is 1. The summed E-state index contributed by atoms with van der Waals surface area (Å²) in [6.07, 6.45) is 8.18. The molecule has 0 bridgehead atoms. The maximum Gasteiger partial charge on any atom is 0.120 e. The Morgan fingerprint density at radius 2 is 2.00 bits per heavy atom. The van der Waals surface area contributed by atoms with Crippen molar-refractivity contribution >= 4 is 0 Å². The van der Waals surface area contributed by atoms with Crippen molar-refractivity contribution in [3.05, 3.63) is 23.8 Å². The summed E-state index contributed by atoms with van der Waals surface area (Å²) in [4.78, 5) is 2.59. The second-order valence-corrected chi connectivity index (χ2v) is 6.22. The first-order valence-electron chi connectivity index (χ1n) is 7.88. The van der Waals surface area contributed by atoms with Crippen molar-refractivity contribution < 1.29 is 9.84 Å². The van der Waals surface area contributed by atoms with Crippen LogP contribution < -0.4 is 4.74 Å². The average Bonchev–Trinajstić information content (AvgIpc) is 2.50. The maximum atomic E-state index is 10.1.